The number of para-hydroxylation sites is 2. The number of carboxylic acid groups (broad SMARTS) is 1. The Morgan fingerprint density at radius 1 is 0.968 bits per heavy atom. The van der Waals surface area contributed by atoms with Crippen LogP contribution in [0.4, 0.5) is 13.2 Å². The third-order valence-corrected chi connectivity index (χ3v) is 4.25. The lowest BCUT2D eigenvalue weighted by Gasteiger charge is -2.13. The van der Waals surface area contributed by atoms with Crippen molar-refractivity contribution in [3.05, 3.63) is 89.0 Å². The van der Waals surface area contributed by atoms with Crippen LogP contribution in [-0.2, 0) is 6.18 Å². The average Bonchev–Trinajstić information content (AvgIpc) is 2.73. The molecule has 0 saturated carbocycles. The number of carboxylic acids is 1. The van der Waals surface area contributed by atoms with Gasteiger partial charge in [-0.2, -0.15) is 13.2 Å². The van der Waals surface area contributed by atoms with Gasteiger partial charge in [-0.1, -0.05) is 30.0 Å². The molecule has 0 heterocycles. The SMILES string of the molecule is Cc1ccc(C(=O)O)cc1Oc1ccccc1OCC#Cc1ccc(C(F)(F)F)cc1. The van der Waals surface area contributed by atoms with Gasteiger partial charge in [0.05, 0.1) is 11.1 Å². The molecule has 158 valence electrons. The van der Waals surface area contributed by atoms with Gasteiger partial charge in [0.2, 0.25) is 0 Å². The molecule has 0 aliphatic heterocycles. The Morgan fingerprint density at radius 2 is 1.65 bits per heavy atom. The van der Waals surface area contributed by atoms with Crippen molar-refractivity contribution in [2.45, 2.75) is 13.1 Å². The lowest BCUT2D eigenvalue weighted by molar-refractivity contribution is -0.137. The normalized spacial score (nSPS) is 10.7. The predicted molar refractivity (Wildman–Crippen MR) is 108 cm³/mol. The first-order valence-corrected chi connectivity index (χ1v) is 9.14. The summed E-state index contributed by atoms with van der Waals surface area (Å²) in [6, 6.07) is 15.9. The highest BCUT2D eigenvalue weighted by Gasteiger charge is 2.29. The van der Waals surface area contributed by atoms with Crippen LogP contribution >= 0.6 is 0 Å². The summed E-state index contributed by atoms with van der Waals surface area (Å²) in [7, 11) is 0. The Kier molecular flexibility index (Phi) is 6.51. The highest BCUT2D eigenvalue weighted by molar-refractivity contribution is 5.88. The molecule has 3 rings (SSSR count). The molecule has 0 fully saturated rings. The van der Waals surface area contributed by atoms with E-state index in [-0.39, 0.29) is 12.2 Å². The molecule has 0 bridgehead atoms. The van der Waals surface area contributed by atoms with Gasteiger partial charge in [0, 0.05) is 5.56 Å². The van der Waals surface area contributed by atoms with Crippen molar-refractivity contribution in [1.29, 1.82) is 0 Å². The Labute approximate surface area is 176 Å². The standard InChI is InChI=1S/C24H17F3O4/c1-16-8-11-18(23(28)29)15-22(16)31-21-7-3-2-6-20(21)30-14-4-5-17-9-12-19(13-10-17)24(25,26)27/h2-3,6-13,15H,14H2,1H3,(H,28,29). The average molecular weight is 426 g/mol. The Balaban J connectivity index is 1.69. The van der Waals surface area contributed by atoms with Gasteiger partial charge in [0.1, 0.15) is 12.4 Å². The van der Waals surface area contributed by atoms with Crippen molar-refractivity contribution < 1.29 is 32.5 Å². The van der Waals surface area contributed by atoms with Crippen LogP contribution < -0.4 is 9.47 Å². The van der Waals surface area contributed by atoms with E-state index < -0.39 is 17.7 Å². The quantitative estimate of drug-likeness (QED) is 0.514. The molecule has 0 atom stereocenters. The van der Waals surface area contributed by atoms with E-state index in [1.807, 2.05) is 0 Å². The minimum absolute atomic E-state index is 0.0183. The molecule has 0 unspecified atom stereocenters. The topological polar surface area (TPSA) is 55.8 Å². The number of hydrogen-bond donors (Lipinski definition) is 1. The monoisotopic (exact) mass is 426 g/mol. The fourth-order valence-electron chi connectivity index (χ4n) is 2.61. The second-order valence-electron chi connectivity index (χ2n) is 6.50. The zero-order valence-electron chi connectivity index (χ0n) is 16.4. The largest absolute Gasteiger partial charge is 0.478 e. The van der Waals surface area contributed by atoms with E-state index in [2.05, 4.69) is 11.8 Å². The van der Waals surface area contributed by atoms with Gasteiger partial charge < -0.3 is 14.6 Å². The first-order chi connectivity index (χ1) is 14.7. The molecule has 0 spiro atoms. The Morgan fingerprint density at radius 3 is 2.29 bits per heavy atom. The van der Waals surface area contributed by atoms with Gasteiger partial charge in [-0.3, -0.25) is 0 Å². The third-order valence-electron chi connectivity index (χ3n) is 4.25. The van der Waals surface area contributed by atoms with Crippen molar-refractivity contribution in [3.8, 4) is 29.1 Å². The first-order valence-electron chi connectivity index (χ1n) is 9.14. The summed E-state index contributed by atoms with van der Waals surface area (Å²) in [5.74, 6) is 5.58. The van der Waals surface area contributed by atoms with E-state index in [0.717, 1.165) is 17.7 Å². The van der Waals surface area contributed by atoms with Crippen molar-refractivity contribution in [1.82, 2.24) is 0 Å². The van der Waals surface area contributed by atoms with Gasteiger partial charge >= 0.3 is 12.1 Å². The van der Waals surface area contributed by atoms with Gasteiger partial charge in [-0.15, -0.1) is 0 Å². The van der Waals surface area contributed by atoms with Crippen molar-refractivity contribution >= 4 is 5.97 Å². The number of rotatable bonds is 5. The first kappa shape index (κ1) is 21.8. The zero-order valence-corrected chi connectivity index (χ0v) is 16.4. The maximum atomic E-state index is 12.6. The number of aryl methyl sites for hydroxylation is 1. The lowest BCUT2D eigenvalue weighted by atomic mass is 10.1. The minimum atomic E-state index is -4.39. The highest BCUT2D eigenvalue weighted by atomic mass is 19.4. The van der Waals surface area contributed by atoms with Crippen LogP contribution in [0.1, 0.15) is 27.0 Å². The molecule has 3 aromatic carbocycles. The van der Waals surface area contributed by atoms with Crippen LogP contribution in [-0.4, -0.2) is 17.7 Å². The van der Waals surface area contributed by atoms with Crippen LogP contribution in [0.15, 0.2) is 66.7 Å². The van der Waals surface area contributed by atoms with E-state index in [9.17, 15) is 18.0 Å². The zero-order chi connectivity index (χ0) is 22.4. The number of benzene rings is 3. The third kappa shape index (κ3) is 5.80. The van der Waals surface area contributed by atoms with Crippen LogP contribution in [0.25, 0.3) is 0 Å². The molecular weight excluding hydrogens is 409 g/mol. The molecule has 1 N–H and O–H groups in total. The summed E-state index contributed by atoms with van der Waals surface area (Å²) in [5, 5.41) is 9.16. The van der Waals surface area contributed by atoms with Crippen LogP contribution in [0, 0.1) is 18.8 Å². The summed E-state index contributed by atoms with van der Waals surface area (Å²) in [4.78, 5) is 11.2. The molecule has 0 aliphatic carbocycles. The highest BCUT2D eigenvalue weighted by Crippen LogP contribution is 2.33. The van der Waals surface area contributed by atoms with Gasteiger partial charge in [-0.05, 0) is 61.0 Å². The molecule has 0 aliphatic rings. The number of hydrogen-bond acceptors (Lipinski definition) is 3. The van der Waals surface area contributed by atoms with E-state index in [1.165, 1.54) is 24.3 Å². The van der Waals surface area contributed by atoms with Crippen LogP contribution in [0.5, 0.6) is 17.2 Å². The van der Waals surface area contributed by atoms with Gasteiger partial charge in [0.25, 0.3) is 0 Å². The van der Waals surface area contributed by atoms with Crippen molar-refractivity contribution in [3.63, 3.8) is 0 Å². The van der Waals surface area contributed by atoms with Gasteiger partial charge in [0.15, 0.2) is 11.5 Å². The number of halogens is 3. The second kappa shape index (κ2) is 9.26. The summed E-state index contributed by atoms with van der Waals surface area (Å²) < 4.78 is 49.3. The Bertz CT molecular complexity index is 1140. The van der Waals surface area contributed by atoms with Gasteiger partial charge in [-0.25, -0.2) is 4.79 Å². The summed E-state index contributed by atoms with van der Waals surface area (Å²) >= 11 is 0. The van der Waals surface area contributed by atoms with Crippen LogP contribution in [0.3, 0.4) is 0 Å². The molecule has 4 nitrogen and oxygen atoms in total. The smallest absolute Gasteiger partial charge is 0.416 e. The maximum absolute atomic E-state index is 12.6. The number of carbonyl (C=O) groups is 1. The maximum Gasteiger partial charge on any atom is 0.416 e. The van der Waals surface area contributed by atoms with E-state index in [0.29, 0.717) is 22.8 Å². The molecule has 31 heavy (non-hydrogen) atoms. The second-order valence-corrected chi connectivity index (χ2v) is 6.50. The molecule has 3 aromatic rings. The minimum Gasteiger partial charge on any atom is -0.478 e. The molecular formula is C24H17F3O4. The number of alkyl halides is 3. The number of aromatic carboxylic acids is 1. The summed E-state index contributed by atoms with van der Waals surface area (Å²) in [5.41, 5.74) is 0.549. The van der Waals surface area contributed by atoms with E-state index in [4.69, 9.17) is 14.6 Å². The summed E-state index contributed by atoms with van der Waals surface area (Å²) in [6.07, 6.45) is -4.39. The predicted octanol–water partition coefficient (Wildman–Crippen LogP) is 5.93. The Hall–Kier alpha value is -3.92. The number of ether oxygens (including phenoxy) is 2. The molecule has 7 heteroatoms. The molecule has 0 radical (unpaired) electrons. The fraction of sp³-hybridized carbons (Fsp3) is 0.125. The van der Waals surface area contributed by atoms with Crippen molar-refractivity contribution in [2.75, 3.05) is 6.61 Å². The fourth-order valence-corrected chi connectivity index (χ4v) is 2.61. The lowest BCUT2D eigenvalue weighted by Crippen LogP contribution is -2.04. The van der Waals surface area contributed by atoms with E-state index >= 15 is 0 Å². The molecule has 0 saturated heterocycles. The molecule has 0 aromatic heterocycles. The molecule has 0 amide bonds. The van der Waals surface area contributed by atoms with E-state index in [1.54, 1.807) is 37.3 Å². The summed E-state index contributed by atoms with van der Waals surface area (Å²) in [6.45, 7) is 1.77. The van der Waals surface area contributed by atoms with Crippen LogP contribution in [0.2, 0.25) is 0 Å². The van der Waals surface area contributed by atoms with Crippen molar-refractivity contribution in [2.24, 2.45) is 0 Å².